The first kappa shape index (κ1) is 20.1. The molecule has 0 atom stereocenters. The van der Waals surface area contributed by atoms with Crippen LogP contribution in [0.3, 0.4) is 0 Å². The van der Waals surface area contributed by atoms with E-state index < -0.39 is 5.54 Å². The molecule has 30 heavy (non-hydrogen) atoms. The normalized spacial score (nSPS) is 18.2. The predicted molar refractivity (Wildman–Crippen MR) is 111 cm³/mol. The molecule has 1 N–H and O–H groups in total. The number of aromatic nitrogens is 2. The number of hydrogen-bond acceptors (Lipinski definition) is 4. The lowest BCUT2D eigenvalue weighted by Crippen LogP contribution is -2.55. The van der Waals surface area contributed by atoms with Gasteiger partial charge in [-0.3, -0.25) is 14.5 Å². The number of amides is 4. The molecule has 8 nitrogen and oxygen atoms in total. The van der Waals surface area contributed by atoms with Crippen molar-refractivity contribution in [1.29, 1.82) is 0 Å². The molecule has 0 radical (unpaired) electrons. The van der Waals surface area contributed by atoms with Crippen molar-refractivity contribution >= 4 is 17.8 Å². The van der Waals surface area contributed by atoms with Gasteiger partial charge in [-0.15, -0.1) is 0 Å². The van der Waals surface area contributed by atoms with Crippen LogP contribution in [-0.2, 0) is 16.0 Å². The number of benzene rings is 1. The summed E-state index contributed by atoms with van der Waals surface area (Å²) in [7, 11) is 1.49. The molecule has 4 rings (SSSR count). The minimum Gasteiger partial charge on any atom is -0.342 e. The Kier molecular flexibility index (Phi) is 5.09. The summed E-state index contributed by atoms with van der Waals surface area (Å²) in [4.78, 5) is 39.9. The maximum atomic E-state index is 12.8. The number of likely N-dealkylation sites (tertiary alicyclic amines) is 1. The third-order valence-corrected chi connectivity index (χ3v) is 6.37. The Balaban J connectivity index is 1.38. The number of urea groups is 1. The number of likely N-dealkylation sites (N-methyl/N-ethyl adjacent to an activating group) is 1. The average Bonchev–Trinajstić information content (AvgIpc) is 3.15. The topological polar surface area (TPSA) is 87.5 Å². The number of carbonyl (C=O) groups is 3. The molecule has 0 bridgehead atoms. The molecule has 8 heteroatoms. The number of hydrogen-bond donors (Lipinski definition) is 1. The van der Waals surface area contributed by atoms with E-state index in [2.05, 4.69) is 10.4 Å². The summed E-state index contributed by atoms with van der Waals surface area (Å²) in [6.45, 7) is 4.95. The molecule has 0 unspecified atom stereocenters. The van der Waals surface area contributed by atoms with Gasteiger partial charge in [0, 0.05) is 32.3 Å². The zero-order chi connectivity index (χ0) is 21.5. The van der Waals surface area contributed by atoms with Crippen LogP contribution < -0.4 is 5.32 Å². The number of nitrogens with one attached hydrogen (secondary N) is 1. The van der Waals surface area contributed by atoms with Gasteiger partial charge in [-0.25, -0.2) is 9.48 Å². The summed E-state index contributed by atoms with van der Waals surface area (Å²) >= 11 is 0. The summed E-state index contributed by atoms with van der Waals surface area (Å²) in [5.74, 6) is -0.125. The fourth-order valence-electron chi connectivity index (χ4n) is 4.48. The first-order chi connectivity index (χ1) is 14.3. The van der Waals surface area contributed by atoms with Gasteiger partial charge in [0.2, 0.25) is 5.91 Å². The number of piperidine rings is 1. The van der Waals surface area contributed by atoms with Gasteiger partial charge in [0.05, 0.1) is 11.4 Å². The molecule has 2 saturated heterocycles. The maximum Gasteiger partial charge on any atom is 0.324 e. The van der Waals surface area contributed by atoms with E-state index in [-0.39, 0.29) is 17.8 Å². The van der Waals surface area contributed by atoms with E-state index in [1.165, 1.54) is 7.05 Å². The highest BCUT2D eigenvalue weighted by atomic mass is 16.2. The lowest BCUT2D eigenvalue weighted by Gasteiger charge is -2.37. The fraction of sp³-hybridized carbons (Fsp3) is 0.455. The molecule has 2 aromatic rings. The molecule has 4 amide bonds. The van der Waals surface area contributed by atoms with Crippen molar-refractivity contribution in [2.45, 2.75) is 45.1 Å². The maximum absolute atomic E-state index is 12.8. The summed E-state index contributed by atoms with van der Waals surface area (Å²) in [5, 5.41) is 7.46. The Morgan fingerprint density at radius 2 is 1.80 bits per heavy atom. The lowest BCUT2D eigenvalue weighted by molar-refractivity contribution is -0.138. The second kappa shape index (κ2) is 7.59. The molecule has 2 aliphatic rings. The number of rotatable bonds is 4. The Labute approximate surface area is 175 Å². The Morgan fingerprint density at radius 1 is 1.13 bits per heavy atom. The second-order valence-corrected chi connectivity index (χ2v) is 8.15. The van der Waals surface area contributed by atoms with Gasteiger partial charge in [-0.05, 0) is 50.8 Å². The third kappa shape index (κ3) is 3.36. The largest absolute Gasteiger partial charge is 0.342 e. The van der Waals surface area contributed by atoms with E-state index in [1.807, 2.05) is 48.9 Å². The number of aryl methyl sites for hydroxylation is 1. The monoisotopic (exact) mass is 409 g/mol. The highest BCUT2D eigenvalue weighted by Crippen LogP contribution is 2.29. The Bertz CT molecular complexity index is 990. The van der Waals surface area contributed by atoms with E-state index in [1.54, 1.807) is 4.90 Å². The number of para-hydroxylation sites is 1. The quantitative estimate of drug-likeness (QED) is 0.782. The molecule has 1 aromatic heterocycles. The minimum absolute atomic E-state index is 0.0706. The van der Waals surface area contributed by atoms with Crippen molar-refractivity contribution in [2.24, 2.45) is 0 Å². The zero-order valence-electron chi connectivity index (χ0n) is 17.6. The average molecular weight is 409 g/mol. The predicted octanol–water partition coefficient (Wildman–Crippen LogP) is 1.96. The van der Waals surface area contributed by atoms with E-state index in [0.717, 1.165) is 27.5 Å². The van der Waals surface area contributed by atoms with Crippen molar-refractivity contribution in [3.05, 3.63) is 47.3 Å². The lowest BCUT2D eigenvalue weighted by atomic mass is 9.87. The first-order valence-electron chi connectivity index (χ1n) is 10.3. The summed E-state index contributed by atoms with van der Waals surface area (Å²) < 4.78 is 1.92. The first-order valence-corrected chi connectivity index (χ1v) is 10.3. The van der Waals surface area contributed by atoms with Crippen LogP contribution >= 0.6 is 0 Å². The van der Waals surface area contributed by atoms with Crippen LogP contribution in [0.15, 0.2) is 30.3 Å². The van der Waals surface area contributed by atoms with Crippen LogP contribution in [0, 0.1) is 13.8 Å². The van der Waals surface area contributed by atoms with Crippen LogP contribution in [0.2, 0.25) is 0 Å². The fourth-order valence-corrected chi connectivity index (χ4v) is 4.48. The third-order valence-electron chi connectivity index (χ3n) is 6.37. The van der Waals surface area contributed by atoms with Crippen molar-refractivity contribution in [1.82, 2.24) is 24.9 Å². The van der Waals surface area contributed by atoms with Gasteiger partial charge >= 0.3 is 6.03 Å². The van der Waals surface area contributed by atoms with E-state index >= 15 is 0 Å². The van der Waals surface area contributed by atoms with Gasteiger partial charge < -0.3 is 10.2 Å². The smallest absolute Gasteiger partial charge is 0.324 e. The second-order valence-electron chi connectivity index (χ2n) is 8.15. The van der Waals surface area contributed by atoms with Crippen LogP contribution in [0.1, 0.15) is 36.2 Å². The van der Waals surface area contributed by atoms with E-state index in [0.29, 0.717) is 38.8 Å². The van der Waals surface area contributed by atoms with Gasteiger partial charge in [0.25, 0.3) is 5.91 Å². The van der Waals surface area contributed by atoms with Crippen LogP contribution in [0.5, 0.6) is 0 Å². The van der Waals surface area contributed by atoms with Crippen molar-refractivity contribution in [2.75, 3.05) is 20.1 Å². The summed E-state index contributed by atoms with van der Waals surface area (Å²) in [6.07, 6.45) is 1.94. The molecule has 158 valence electrons. The molecule has 1 aromatic carbocycles. The van der Waals surface area contributed by atoms with Crippen LogP contribution in [-0.4, -0.2) is 63.1 Å². The van der Waals surface area contributed by atoms with Gasteiger partial charge in [-0.1, -0.05) is 18.2 Å². The van der Waals surface area contributed by atoms with Gasteiger partial charge in [-0.2, -0.15) is 5.10 Å². The van der Waals surface area contributed by atoms with E-state index in [9.17, 15) is 14.4 Å². The number of carbonyl (C=O) groups excluding carboxylic acids is 3. The summed E-state index contributed by atoms with van der Waals surface area (Å²) in [6, 6.07) is 9.60. The SMILES string of the molecule is Cc1nn(-c2ccccc2)c(C)c1CCC(=O)N1CCC2(CC1)NC(=O)N(C)C2=O. The van der Waals surface area contributed by atoms with Crippen molar-refractivity contribution in [3.63, 3.8) is 0 Å². The highest BCUT2D eigenvalue weighted by molar-refractivity contribution is 6.06. The standard InChI is InChI=1S/C22H27N5O3/c1-15-18(16(2)27(24-15)17-7-5-4-6-8-17)9-10-19(28)26-13-11-22(12-14-26)20(29)25(3)21(30)23-22/h4-8H,9-14H2,1-3H3,(H,23,30). The van der Waals surface area contributed by atoms with Crippen molar-refractivity contribution < 1.29 is 14.4 Å². The van der Waals surface area contributed by atoms with E-state index in [4.69, 9.17) is 0 Å². The van der Waals surface area contributed by atoms with Crippen molar-refractivity contribution in [3.8, 4) is 5.69 Å². The number of imide groups is 1. The molecule has 2 fully saturated rings. The molecule has 0 aliphatic carbocycles. The molecule has 0 saturated carbocycles. The Hall–Kier alpha value is -3.16. The Morgan fingerprint density at radius 3 is 2.40 bits per heavy atom. The van der Waals surface area contributed by atoms with Gasteiger partial charge in [0.1, 0.15) is 5.54 Å². The highest BCUT2D eigenvalue weighted by Gasteiger charge is 2.51. The molecule has 2 aliphatic heterocycles. The van der Waals surface area contributed by atoms with Crippen LogP contribution in [0.4, 0.5) is 4.79 Å². The molecular weight excluding hydrogens is 382 g/mol. The molecule has 1 spiro atoms. The van der Waals surface area contributed by atoms with Crippen LogP contribution in [0.25, 0.3) is 5.69 Å². The summed E-state index contributed by atoms with van der Waals surface area (Å²) in [5.41, 5.74) is 3.24. The molecular formula is C22H27N5O3. The molecule has 3 heterocycles. The minimum atomic E-state index is -0.841. The zero-order valence-corrected chi connectivity index (χ0v) is 17.6. The number of nitrogens with zero attached hydrogens (tertiary/aromatic N) is 4. The van der Waals surface area contributed by atoms with Gasteiger partial charge in [0.15, 0.2) is 0 Å².